The molecule has 0 saturated heterocycles. The lowest BCUT2D eigenvalue weighted by molar-refractivity contribution is -0.117. The third kappa shape index (κ3) is 5.05. The second-order valence-corrected chi connectivity index (χ2v) is 4.09. The van der Waals surface area contributed by atoms with Gasteiger partial charge in [0.15, 0.2) is 0 Å². The van der Waals surface area contributed by atoms with Gasteiger partial charge in [-0.1, -0.05) is 0 Å². The van der Waals surface area contributed by atoms with Gasteiger partial charge in [0, 0.05) is 5.69 Å². The van der Waals surface area contributed by atoms with E-state index in [1.165, 1.54) is 0 Å². The Hall–Kier alpha value is -1.75. The fourth-order valence-corrected chi connectivity index (χ4v) is 1.28. The van der Waals surface area contributed by atoms with E-state index in [1.54, 1.807) is 24.3 Å². The van der Waals surface area contributed by atoms with E-state index in [9.17, 15) is 9.59 Å². The Morgan fingerprint density at radius 1 is 1.28 bits per heavy atom. The smallest absolute Gasteiger partial charge is 0.325 e. The van der Waals surface area contributed by atoms with Gasteiger partial charge in [0.25, 0.3) is 0 Å². The second kappa shape index (κ2) is 6.86. The van der Waals surface area contributed by atoms with Crippen LogP contribution in [0.25, 0.3) is 0 Å². The number of benzene rings is 1. The van der Waals surface area contributed by atoms with E-state index in [1.807, 2.05) is 13.8 Å². The van der Waals surface area contributed by atoms with E-state index >= 15 is 0 Å². The normalized spacial score (nSPS) is 10.0. The Morgan fingerprint density at radius 3 is 2.39 bits per heavy atom. The number of halogens is 1. The van der Waals surface area contributed by atoms with Crippen molar-refractivity contribution in [1.82, 2.24) is 5.32 Å². The summed E-state index contributed by atoms with van der Waals surface area (Å²) in [7, 11) is 0. The topological polar surface area (TPSA) is 67.4 Å². The highest BCUT2D eigenvalue weighted by atomic mass is 35.5. The third-order valence-electron chi connectivity index (χ3n) is 1.86. The van der Waals surface area contributed by atoms with E-state index in [2.05, 4.69) is 10.6 Å². The molecular weight excluding hydrogens is 256 g/mol. The maximum absolute atomic E-state index is 11.3. The zero-order valence-electron chi connectivity index (χ0n) is 10.2. The standard InChI is InChI=1S/C12H15ClN2O3/c1-8(2)18-10-5-3-9(4-6-10)14-12(17)15-11(16)7-13/h3-6,8H,7H2,1-2H3,(H2,14,15,16,17). The molecular formula is C12H15ClN2O3. The van der Waals surface area contributed by atoms with Gasteiger partial charge in [0.05, 0.1) is 6.10 Å². The number of urea groups is 1. The van der Waals surface area contributed by atoms with Crippen LogP contribution < -0.4 is 15.4 Å². The molecule has 1 aromatic rings. The van der Waals surface area contributed by atoms with Gasteiger partial charge in [0.2, 0.25) is 5.91 Å². The van der Waals surface area contributed by atoms with Gasteiger partial charge < -0.3 is 10.1 Å². The molecule has 0 spiro atoms. The SMILES string of the molecule is CC(C)Oc1ccc(NC(=O)NC(=O)CCl)cc1. The molecule has 0 aromatic heterocycles. The number of carbonyl (C=O) groups is 2. The first kappa shape index (κ1) is 14.3. The molecule has 0 fully saturated rings. The largest absolute Gasteiger partial charge is 0.491 e. The number of alkyl halides is 1. The van der Waals surface area contributed by atoms with Crippen LogP contribution in [0.5, 0.6) is 5.75 Å². The summed E-state index contributed by atoms with van der Waals surface area (Å²) in [6.45, 7) is 3.86. The quantitative estimate of drug-likeness (QED) is 0.826. The highest BCUT2D eigenvalue weighted by molar-refractivity contribution is 6.28. The Morgan fingerprint density at radius 2 is 1.89 bits per heavy atom. The van der Waals surface area contributed by atoms with Crippen molar-refractivity contribution in [2.24, 2.45) is 0 Å². The van der Waals surface area contributed by atoms with Crippen molar-refractivity contribution in [2.45, 2.75) is 20.0 Å². The molecule has 0 heterocycles. The Labute approximate surface area is 110 Å². The molecule has 0 saturated carbocycles. The zero-order valence-corrected chi connectivity index (χ0v) is 11.0. The Balaban J connectivity index is 2.53. The number of nitrogens with one attached hydrogen (secondary N) is 2. The number of hydrogen-bond acceptors (Lipinski definition) is 3. The number of amides is 3. The van der Waals surface area contributed by atoms with Crippen LogP contribution in [0, 0.1) is 0 Å². The first-order chi connectivity index (χ1) is 8.51. The summed E-state index contributed by atoms with van der Waals surface area (Å²) < 4.78 is 5.46. The van der Waals surface area contributed by atoms with Crippen LogP contribution in [-0.2, 0) is 4.79 Å². The number of anilines is 1. The predicted octanol–water partition coefficient (Wildman–Crippen LogP) is 2.36. The summed E-state index contributed by atoms with van der Waals surface area (Å²) in [6.07, 6.45) is 0.0912. The minimum atomic E-state index is -0.613. The summed E-state index contributed by atoms with van der Waals surface area (Å²) in [4.78, 5) is 22.2. The number of hydrogen-bond donors (Lipinski definition) is 2. The molecule has 18 heavy (non-hydrogen) atoms. The molecule has 5 nitrogen and oxygen atoms in total. The molecule has 0 aliphatic rings. The van der Waals surface area contributed by atoms with Crippen molar-refractivity contribution in [1.29, 1.82) is 0 Å². The van der Waals surface area contributed by atoms with Crippen molar-refractivity contribution in [3.63, 3.8) is 0 Å². The van der Waals surface area contributed by atoms with Crippen LogP contribution >= 0.6 is 11.6 Å². The molecule has 0 atom stereocenters. The molecule has 3 amide bonds. The first-order valence-electron chi connectivity index (χ1n) is 5.44. The van der Waals surface area contributed by atoms with Gasteiger partial charge in [-0.05, 0) is 38.1 Å². The molecule has 0 aliphatic carbocycles. The Kier molecular flexibility index (Phi) is 5.45. The van der Waals surface area contributed by atoms with Gasteiger partial charge in [-0.3, -0.25) is 10.1 Å². The van der Waals surface area contributed by atoms with E-state index in [4.69, 9.17) is 16.3 Å². The number of carbonyl (C=O) groups excluding carboxylic acids is 2. The van der Waals surface area contributed by atoms with Crippen molar-refractivity contribution >= 4 is 29.2 Å². The van der Waals surface area contributed by atoms with Crippen molar-refractivity contribution in [3.8, 4) is 5.75 Å². The van der Waals surface area contributed by atoms with Crippen LogP contribution in [0.2, 0.25) is 0 Å². The number of ether oxygens (including phenoxy) is 1. The van der Waals surface area contributed by atoms with Crippen LogP contribution in [-0.4, -0.2) is 23.9 Å². The average Bonchev–Trinajstić information content (AvgIpc) is 2.30. The molecule has 98 valence electrons. The summed E-state index contributed by atoms with van der Waals surface area (Å²) in [5.74, 6) is -0.0871. The van der Waals surface area contributed by atoms with Gasteiger partial charge in [-0.15, -0.1) is 11.6 Å². The number of rotatable bonds is 4. The highest BCUT2D eigenvalue weighted by Gasteiger charge is 2.06. The molecule has 1 aromatic carbocycles. The number of imide groups is 1. The van der Waals surface area contributed by atoms with Gasteiger partial charge in [0.1, 0.15) is 11.6 Å². The predicted molar refractivity (Wildman–Crippen MR) is 70.1 cm³/mol. The highest BCUT2D eigenvalue weighted by Crippen LogP contribution is 2.16. The molecule has 2 N–H and O–H groups in total. The first-order valence-corrected chi connectivity index (χ1v) is 5.98. The lowest BCUT2D eigenvalue weighted by Gasteiger charge is -2.10. The lowest BCUT2D eigenvalue weighted by atomic mass is 10.3. The summed E-state index contributed by atoms with van der Waals surface area (Å²) in [5, 5.41) is 4.58. The van der Waals surface area contributed by atoms with E-state index in [0.717, 1.165) is 0 Å². The van der Waals surface area contributed by atoms with Crippen molar-refractivity contribution in [2.75, 3.05) is 11.2 Å². The minimum Gasteiger partial charge on any atom is -0.491 e. The maximum Gasteiger partial charge on any atom is 0.325 e. The van der Waals surface area contributed by atoms with Crippen LogP contribution in [0.4, 0.5) is 10.5 Å². The fraction of sp³-hybridized carbons (Fsp3) is 0.333. The molecule has 0 unspecified atom stereocenters. The second-order valence-electron chi connectivity index (χ2n) is 3.83. The zero-order chi connectivity index (χ0) is 13.5. The van der Waals surface area contributed by atoms with E-state index in [0.29, 0.717) is 11.4 Å². The van der Waals surface area contributed by atoms with Gasteiger partial charge in [-0.2, -0.15) is 0 Å². The van der Waals surface area contributed by atoms with Crippen LogP contribution in [0.1, 0.15) is 13.8 Å². The van der Waals surface area contributed by atoms with Gasteiger partial charge in [-0.25, -0.2) is 4.79 Å². The minimum absolute atomic E-state index is 0.0912. The summed E-state index contributed by atoms with van der Waals surface area (Å²) >= 11 is 5.26. The van der Waals surface area contributed by atoms with Crippen LogP contribution in [0.3, 0.4) is 0 Å². The third-order valence-corrected chi connectivity index (χ3v) is 2.10. The monoisotopic (exact) mass is 270 g/mol. The molecule has 1 rings (SSSR count). The average molecular weight is 271 g/mol. The summed E-state index contributed by atoms with van der Waals surface area (Å²) in [5.41, 5.74) is 0.561. The molecule has 0 aliphatic heterocycles. The molecule has 6 heteroatoms. The van der Waals surface area contributed by atoms with E-state index < -0.39 is 11.9 Å². The molecule has 0 radical (unpaired) electrons. The maximum atomic E-state index is 11.3. The fourth-order valence-electron chi connectivity index (χ4n) is 1.21. The van der Waals surface area contributed by atoms with Crippen molar-refractivity contribution < 1.29 is 14.3 Å². The van der Waals surface area contributed by atoms with Crippen LogP contribution in [0.15, 0.2) is 24.3 Å². The van der Waals surface area contributed by atoms with Crippen molar-refractivity contribution in [3.05, 3.63) is 24.3 Å². The lowest BCUT2D eigenvalue weighted by Crippen LogP contribution is -2.35. The Bertz CT molecular complexity index is 418. The summed E-state index contributed by atoms with van der Waals surface area (Å²) in [6, 6.07) is 6.22. The van der Waals surface area contributed by atoms with E-state index in [-0.39, 0.29) is 12.0 Å². The molecule has 0 bridgehead atoms. The van der Waals surface area contributed by atoms with Gasteiger partial charge >= 0.3 is 6.03 Å².